The lowest BCUT2D eigenvalue weighted by atomic mass is 10.1. The molecule has 0 aliphatic carbocycles. The SMILES string of the molecule is CN(Cc1ccc(F)cc1)c1cc(Br)ccc1C(N)=S. The number of benzene rings is 2. The highest BCUT2D eigenvalue weighted by Gasteiger charge is 2.11. The van der Waals surface area contributed by atoms with Crippen LogP contribution in [0.15, 0.2) is 46.9 Å². The molecule has 0 spiro atoms. The van der Waals surface area contributed by atoms with E-state index in [2.05, 4.69) is 15.9 Å². The molecule has 5 heteroatoms. The van der Waals surface area contributed by atoms with Crippen molar-refractivity contribution in [2.75, 3.05) is 11.9 Å². The molecule has 0 radical (unpaired) electrons. The lowest BCUT2D eigenvalue weighted by Gasteiger charge is -2.22. The van der Waals surface area contributed by atoms with Gasteiger partial charge in [0.1, 0.15) is 10.8 Å². The third-order valence-corrected chi connectivity index (χ3v) is 3.68. The van der Waals surface area contributed by atoms with Gasteiger partial charge in [0, 0.05) is 29.3 Å². The molecule has 2 aromatic carbocycles. The van der Waals surface area contributed by atoms with Crippen LogP contribution < -0.4 is 10.6 Å². The molecule has 0 aliphatic rings. The number of rotatable bonds is 4. The first kappa shape index (κ1) is 14.9. The van der Waals surface area contributed by atoms with E-state index in [1.54, 1.807) is 12.1 Å². The average Bonchev–Trinajstić information content (AvgIpc) is 2.41. The first-order valence-corrected chi connectivity index (χ1v) is 7.22. The normalized spacial score (nSPS) is 10.3. The van der Waals surface area contributed by atoms with Gasteiger partial charge >= 0.3 is 0 Å². The number of thiocarbonyl (C=S) groups is 1. The Labute approximate surface area is 131 Å². The smallest absolute Gasteiger partial charge is 0.123 e. The van der Waals surface area contributed by atoms with E-state index in [4.69, 9.17) is 18.0 Å². The Morgan fingerprint density at radius 2 is 1.90 bits per heavy atom. The fraction of sp³-hybridized carbons (Fsp3) is 0.133. The van der Waals surface area contributed by atoms with Crippen LogP contribution in [0.3, 0.4) is 0 Å². The maximum absolute atomic E-state index is 12.9. The minimum absolute atomic E-state index is 0.234. The molecule has 0 atom stereocenters. The van der Waals surface area contributed by atoms with Crippen molar-refractivity contribution >= 4 is 38.8 Å². The maximum atomic E-state index is 12.9. The quantitative estimate of drug-likeness (QED) is 0.847. The van der Waals surface area contributed by atoms with Gasteiger partial charge in [0.15, 0.2) is 0 Å². The summed E-state index contributed by atoms with van der Waals surface area (Å²) in [6.07, 6.45) is 0. The van der Waals surface area contributed by atoms with Crippen molar-refractivity contribution in [1.29, 1.82) is 0 Å². The van der Waals surface area contributed by atoms with Gasteiger partial charge in [0.2, 0.25) is 0 Å². The number of nitrogens with zero attached hydrogens (tertiary/aromatic N) is 1. The van der Waals surface area contributed by atoms with Gasteiger partial charge in [-0.2, -0.15) is 0 Å². The van der Waals surface area contributed by atoms with E-state index in [0.29, 0.717) is 11.5 Å². The molecule has 0 aromatic heterocycles. The lowest BCUT2D eigenvalue weighted by molar-refractivity contribution is 0.627. The monoisotopic (exact) mass is 352 g/mol. The summed E-state index contributed by atoms with van der Waals surface area (Å²) < 4.78 is 13.9. The summed E-state index contributed by atoms with van der Waals surface area (Å²) in [6.45, 7) is 0.645. The van der Waals surface area contributed by atoms with Crippen molar-refractivity contribution in [3.63, 3.8) is 0 Å². The second-order valence-electron chi connectivity index (χ2n) is 4.51. The van der Waals surface area contributed by atoms with Crippen LogP contribution in [-0.2, 0) is 6.54 Å². The summed E-state index contributed by atoms with van der Waals surface area (Å²) >= 11 is 8.53. The van der Waals surface area contributed by atoms with E-state index >= 15 is 0 Å². The van der Waals surface area contributed by atoms with Crippen LogP contribution >= 0.6 is 28.1 Å². The third kappa shape index (κ3) is 3.55. The van der Waals surface area contributed by atoms with E-state index < -0.39 is 0 Å². The molecule has 104 valence electrons. The molecule has 0 aliphatic heterocycles. The largest absolute Gasteiger partial charge is 0.389 e. The average molecular weight is 353 g/mol. The minimum atomic E-state index is -0.234. The van der Waals surface area contributed by atoms with Crippen molar-refractivity contribution < 1.29 is 4.39 Å². The number of hydrogen-bond acceptors (Lipinski definition) is 2. The third-order valence-electron chi connectivity index (χ3n) is 2.97. The van der Waals surface area contributed by atoms with E-state index in [9.17, 15) is 4.39 Å². The first-order chi connectivity index (χ1) is 9.47. The Morgan fingerprint density at radius 3 is 2.50 bits per heavy atom. The number of hydrogen-bond donors (Lipinski definition) is 1. The van der Waals surface area contributed by atoms with Crippen LogP contribution in [0.2, 0.25) is 0 Å². The molecular formula is C15H14BrFN2S. The number of nitrogens with two attached hydrogens (primary N) is 1. The predicted octanol–water partition coefficient (Wildman–Crippen LogP) is 3.86. The molecule has 20 heavy (non-hydrogen) atoms. The second-order valence-corrected chi connectivity index (χ2v) is 5.86. The van der Waals surface area contributed by atoms with E-state index in [-0.39, 0.29) is 5.82 Å². The van der Waals surface area contributed by atoms with E-state index in [0.717, 1.165) is 21.3 Å². The summed E-state index contributed by atoms with van der Waals surface area (Å²) in [5, 5.41) is 0. The summed E-state index contributed by atoms with van der Waals surface area (Å²) in [4.78, 5) is 2.39. The molecule has 0 amide bonds. The summed E-state index contributed by atoms with van der Waals surface area (Å²) in [5.41, 5.74) is 8.54. The fourth-order valence-electron chi connectivity index (χ4n) is 1.98. The molecule has 0 bridgehead atoms. The van der Waals surface area contributed by atoms with Crippen LogP contribution in [-0.4, -0.2) is 12.0 Å². The Hall–Kier alpha value is -1.46. The highest BCUT2D eigenvalue weighted by molar-refractivity contribution is 9.10. The van der Waals surface area contributed by atoms with E-state index in [1.165, 1.54) is 12.1 Å². The van der Waals surface area contributed by atoms with Crippen molar-refractivity contribution in [3.8, 4) is 0 Å². The fourth-order valence-corrected chi connectivity index (χ4v) is 2.50. The van der Waals surface area contributed by atoms with Crippen molar-refractivity contribution in [3.05, 3.63) is 63.9 Å². The minimum Gasteiger partial charge on any atom is -0.389 e. The number of halogens is 2. The Bertz CT molecular complexity index is 628. The molecule has 2 N–H and O–H groups in total. The van der Waals surface area contributed by atoms with Gasteiger partial charge in [-0.05, 0) is 35.9 Å². The van der Waals surface area contributed by atoms with Gasteiger partial charge in [-0.25, -0.2) is 4.39 Å². The first-order valence-electron chi connectivity index (χ1n) is 6.02. The van der Waals surface area contributed by atoms with Gasteiger partial charge in [-0.3, -0.25) is 0 Å². The van der Waals surface area contributed by atoms with Gasteiger partial charge in [-0.1, -0.05) is 40.3 Å². The van der Waals surface area contributed by atoms with Gasteiger partial charge < -0.3 is 10.6 Å². The summed E-state index contributed by atoms with van der Waals surface area (Å²) in [5.74, 6) is -0.234. The molecule has 0 heterocycles. The lowest BCUT2D eigenvalue weighted by Crippen LogP contribution is -2.21. The van der Waals surface area contributed by atoms with Crippen LogP contribution in [0.5, 0.6) is 0 Å². The van der Waals surface area contributed by atoms with Crippen LogP contribution in [0.4, 0.5) is 10.1 Å². The highest BCUT2D eigenvalue weighted by atomic mass is 79.9. The van der Waals surface area contributed by atoms with Gasteiger partial charge in [0.25, 0.3) is 0 Å². The van der Waals surface area contributed by atoms with Crippen LogP contribution in [0, 0.1) is 5.82 Å². The Balaban J connectivity index is 2.28. The zero-order valence-corrected chi connectivity index (χ0v) is 13.3. The van der Waals surface area contributed by atoms with Crippen molar-refractivity contribution in [2.24, 2.45) is 5.73 Å². The molecular weight excluding hydrogens is 339 g/mol. The Kier molecular flexibility index (Phi) is 4.73. The maximum Gasteiger partial charge on any atom is 0.123 e. The van der Waals surface area contributed by atoms with Crippen LogP contribution in [0.1, 0.15) is 11.1 Å². The molecule has 2 nitrogen and oxygen atoms in total. The highest BCUT2D eigenvalue weighted by Crippen LogP contribution is 2.25. The molecule has 0 fully saturated rings. The topological polar surface area (TPSA) is 29.3 Å². The van der Waals surface area contributed by atoms with E-state index in [1.807, 2.05) is 30.1 Å². The molecule has 0 saturated carbocycles. The standard InChI is InChI=1S/C15H14BrFN2S/c1-19(9-10-2-5-12(17)6-3-10)14-8-11(16)4-7-13(14)15(18)20/h2-8H,9H2,1H3,(H2,18,20). The Morgan fingerprint density at radius 1 is 1.25 bits per heavy atom. The predicted molar refractivity (Wildman–Crippen MR) is 88.5 cm³/mol. The molecule has 2 rings (SSSR count). The molecule has 0 unspecified atom stereocenters. The summed E-state index contributed by atoms with van der Waals surface area (Å²) in [6, 6.07) is 12.2. The zero-order chi connectivity index (χ0) is 14.7. The van der Waals surface area contributed by atoms with Gasteiger partial charge in [-0.15, -0.1) is 0 Å². The van der Waals surface area contributed by atoms with Crippen LogP contribution in [0.25, 0.3) is 0 Å². The number of anilines is 1. The van der Waals surface area contributed by atoms with Crippen molar-refractivity contribution in [1.82, 2.24) is 0 Å². The van der Waals surface area contributed by atoms with Gasteiger partial charge in [0.05, 0.1) is 0 Å². The molecule has 0 saturated heterocycles. The van der Waals surface area contributed by atoms with Crippen molar-refractivity contribution in [2.45, 2.75) is 6.54 Å². The second kappa shape index (κ2) is 6.33. The molecule has 2 aromatic rings. The summed E-state index contributed by atoms with van der Waals surface area (Å²) in [7, 11) is 1.95. The zero-order valence-electron chi connectivity index (χ0n) is 10.9.